The number of methoxy groups -OCH3 is 4. The maximum Gasteiger partial charge on any atom is 0.291 e. The number of nitrogens with one attached hydrogen (secondary N) is 1. The molecule has 9 heteroatoms. The fraction of sp³-hybridized carbons (Fsp3) is 0.240. The molecule has 1 aliphatic heterocycles. The smallest absolute Gasteiger partial charge is 0.291 e. The van der Waals surface area contributed by atoms with Crippen LogP contribution in [0.3, 0.4) is 0 Å². The minimum absolute atomic E-state index is 0.0615. The lowest BCUT2D eigenvalue weighted by Crippen LogP contribution is -2.37. The summed E-state index contributed by atoms with van der Waals surface area (Å²) in [6.45, 7) is 4.53. The lowest BCUT2D eigenvalue weighted by Gasteiger charge is -2.18. The van der Waals surface area contributed by atoms with Crippen LogP contribution >= 0.6 is 0 Å². The third-order valence-corrected chi connectivity index (χ3v) is 8.50. The largest absolute Gasteiger partial charge is 0.496 e. The minimum Gasteiger partial charge on any atom is -0.496 e. The maximum atomic E-state index is 12.9. The monoisotopic (exact) mass is 481 g/mol. The first-order chi connectivity index (χ1) is 16.3. The quantitative estimate of drug-likeness (QED) is 0.461. The van der Waals surface area contributed by atoms with E-state index in [2.05, 4.69) is 30.2 Å². The standard InChI is InChI=1S/C25H27NO7Si/c1-28-16-12-20(30-3)24(21(13-16)31-4)26-25(27)17-7-8-23(32-17)33-19-14-22-15(11-18(19)29-2)9-10-34(22,5)6/h7-14H,1-6H3,(H,26,27). The number of amides is 1. The first-order valence-electron chi connectivity index (χ1n) is 10.6. The van der Waals surface area contributed by atoms with E-state index in [0.29, 0.717) is 34.4 Å². The molecule has 2 aromatic carbocycles. The lowest BCUT2D eigenvalue weighted by molar-refractivity contribution is 0.0991. The number of hydrogen-bond donors (Lipinski definition) is 1. The van der Waals surface area contributed by atoms with Crippen molar-refractivity contribution in [3.05, 3.63) is 53.4 Å². The van der Waals surface area contributed by atoms with E-state index in [-0.39, 0.29) is 11.7 Å². The summed E-state index contributed by atoms with van der Waals surface area (Å²) < 4.78 is 33.2. The van der Waals surface area contributed by atoms with Gasteiger partial charge in [-0.05, 0) is 28.9 Å². The summed E-state index contributed by atoms with van der Waals surface area (Å²) in [4.78, 5) is 12.9. The van der Waals surface area contributed by atoms with Crippen molar-refractivity contribution in [2.24, 2.45) is 0 Å². The van der Waals surface area contributed by atoms with Gasteiger partial charge in [-0.15, -0.1) is 0 Å². The second-order valence-electron chi connectivity index (χ2n) is 8.23. The molecule has 0 saturated carbocycles. The van der Waals surface area contributed by atoms with E-state index in [1.807, 2.05) is 12.1 Å². The molecule has 0 fully saturated rings. The first kappa shape index (κ1) is 23.3. The van der Waals surface area contributed by atoms with Crippen LogP contribution in [-0.2, 0) is 0 Å². The van der Waals surface area contributed by atoms with Crippen LogP contribution in [0.4, 0.5) is 5.69 Å². The van der Waals surface area contributed by atoms with Crippen molar-refractivity contribution >= 4 is 30.9 Å². The van der Waals surface area contributed by atoms with Gasteiger partial charge in [0.2, 0.25) is 0 Å². The fourth-order valence-corrected chi connectivity index (χ4v) is 5.99. The SMILES string of the molecule is COc1cc(OC)c(NC(=O)c2ccc(Oc3cc4c(cc3OC)C=C[Si]4(C)C)o2)c(OC)c1. The third-order valence-electron chi connectivity index (χ3n) is 5.68. The molecule has 3 aromatic rings. The topological polar surface area (TPSA) is 88.4 Å². The second-order valence-corrected chi connectivity index (χ2v) is 12.5. The van der Waals surface area contributed by atoms with Crippen LogP contribution in [0.1, 0.15) is 16.1 Å². The molecule has 4 rings (SSSR count). The van der Waals surface area contributed by atoms with Gasteiger partial charge < -0.3 is 33.4 Å². The van der Waals surface area contributed by atoms with E-state index >= 15 is 0 Å². The van der Waals surface area contributed by atoms with Gasteiger partial charge in [-0.1, -0.05) is 24.9 Å². The highest BCUT2D eigenvalue weighted by Gasteiger charge is 2.29. The van der Waals surface area contributed by atoms with E-state index in [1.54, 1.807) is 25.3 Å². The van der Waals surface area contributed by atoms with Gasteiger partial charge in [0.15, 0.2) is 17.3 Å². The van der Waals surface area contributed by atoms with Crippen molar-refractivity contribution in [2.45, 2.75) is 13.1 Å². The first-order valence-corrected chi connectivity index (χ1v) is 13.7. The second kappa shape index (κ2) is 9.18. The Kier molecular flexibility index (Phi) is 6.30. The van der Waals surface area contributed by atoms with Crippen LogP contribution in [0.5, 0.6) is 34.7 Å². The molecule has 8 nitrogen and oxygen atoms in total. The van der Waals surface area contributed by atoms with E-state index < -0.39 is 14.0 Å². The Hall–Kier alpha value is -3.85. The number of benzene rings is 2. The molecular formula is C25H27NO7Si. The van der Waals surface area contributed by atoms with Crippen molar-refractivity contribution in [1.29, 1.82) is 0 Å². The molecule has 34 heavy (non-hydrogen) atoms. The average molecular weight is 482 g/mol. The van der Waals surface area contributed by atoms with E-state index in [9.17, 15) is 4.79 Å². The summed E-state index contributed by atoms with van der Waals surface area (Å²) >= 11 is 0. The van der Waals surface area contributed by atoms with E-state index in [1.165, 1.54) is 32.6 Å². The number of carbonyl (C=O) groups excluding carboxylic acids is 1. The van der Waals surface area contributed by atoms with Gasteiger partial charge in [0.1, 0.15) is 31.0 Å². The highest BCUT2D eigenvalue weighted by Crippen LogP contribution is 2.40. The number of hydrogen-bond acceptors (Lipinski definition) is 7. The van der Waals surface area contributed by atoms with Crippen LogP contribution < -0.4 is 34.2 Å². The van der Waals surface area contributed by atoms with Crippen LogP contribution in [0, 0.1) is 0 Å². The van der Waals surface area contributed by atoms with E-state index in [4.69, 9.17) is 28.1 Å². The van der Waals surface area contributed by atoms with Gasteiger partial charge in [-0.3, -0.25) is 4.79 Å². The zero-order valence-electron chi connectivity index (χ0n) is 20.0. The zero-order valence-corrected chi connectivity index (χ0v) is 21.0. The van der Waals surface area contributed by atoms with Gasteiger partial charge in [0.05, 0.1) is 28.4 Å². The summed E-state index contributed by atoms with van der Waals surface area (Å²) in [5, 5.41) is 4.03. The molecule has 0 spiro atoms. The third kappa shape index (κ3) is 4.34. The number of furan rings is 1. The van der Waals surface area contributed by atoms with Crippen LogP contribution in [0.2, 0.25) is 13.1 Å². The molecule has 1 aromatic heterocycles. The van der Waals surface area contributed by atoms with Crippen molar-refractivity contribution in [3.8, 4) is 34.7 Å². The molecule has 178 valence electrons. The zero-order chi connectivity index (χ0) is 24.5. The number of anilines is 1. The van der Waals surface area contributed by atoms with Crippen LogP contribution in [0.15, 0.2) is 46.5 Å². The molecule has 1 aliphatic rings. The molecule has 0 saturated heterocycles. The summed E-state index contributed by atoms with van der Waals surface area (Å²) in [5.74, 6) is 2.16. The van der Waals surface area contributed by atoms with Crippen molar-refractivity contribution < 1.29 is 32.9 Å². The van der Waals surface area contributed by atoms with Gasteiger partial charge in [0, 0.05) is 18.2 Å². The van der Waals surface area contributed by atoms with Crippen molar-refractivity contribution in [1.82, 2.24) is 0 Å². The molecule has 2 heterocycles. The predicted molar refractivity (Wildman–Crippen MR) is 132 cm³/mol. The summed E-state index contributed by atoms with van der Waals surface area (Å²) in [7, 11) is 4.44. The number of carbonyl (C=O) groups is 1. The Morgan fingerprint density at radius 3 is 2.15 bits per heavy atom. The number of rotatable bonds is 8. The van der Waals surface area contributed by atoms with Crippen LogP contribution in [-0.4, -0.2) is 42.4 Å². The Bertz CT molecular complexity index is 1240. The Morgan fingerprint density at radius 2 is 1.53 bits per heavy atom. The normalized spacial score (nSPS) is 13.2. The Labute approximate surface area is 199 Å². The van der Waals surface area contributed by atoms with Crippen LogP contribution in [0.25, 0.3) is 6.08 Å². The van der Waals surface area contributed by atoms with Gasteiger partial charge >= 0.3 is 0 Å². The van der Waals surface area contributed by atoms with Gasteiger partial charge in [-0.2, -0.15) is 0 Å². The number of ether oxygens (including phenoxy) is 5. The Morgan fingerprint density at radius 1 is 0.853 bits per heavy atom. The molecule has 1 amide bonds. The Balaban J connectivity index is 1.57. The molecule has 0 unspecified atom stereocenters. The molecule has 0 radical (unpaired) electrons. The molecule has 0 atom stereocenters. The lowest BCUT2D eigenvalue weighted by atomic mass is 10.2. The van der Waals surface area contributed by atoms with E-state index in [0.717, 1.165) is 5.56 Å². The molecule has 1 N–H and O–H groups in total. The molecule has 0 bridgehead atoms. The van der Waals surface area contributed by atoms with Crippen molar-refractivity contribution in [2.75, 3.05) is 33.8 Å². The van der Waals surface area contributed by atoms with Gasteiger partial charge in [0.25, 0.3) is 11.9 Å². The average Bonchev–Trinajstić information content (AvgIpc) is 3.42. The summed E-state index contributed by atoms with van der Waals surface area (Å²) in [6, 6.07) is 10.4. The summed E-state index contributed by atoms with van der Waals surface area (Å²) in [5.41, 5.74) is 3.77. The predicted octanol–water partition coefficient (Wildman–Crippen LogP) is 4.84. The van der Waals surface area contributed by atoms with Crippen molar-refractivity contribution in [3.63, 3.8) is 0 Å². The highest BCUT2D eigenvalue weighted by atomic mass is 28.3. The number of fused-ring (bicyclic) bond motifs is 1. The minimum atomic E-state index is -1.67. The highest BCUT2D eigenvalue weighted by molar-refractivity contribution is 6.96. The molecular weight excluding hydrogens is 454 g/mol. The van der Waals surface area contributed by atoms with Gasteiger partial charge in [-0.25, -0.2) is 0 Å². The fourth-order valence-electron chi connectivity index (χ4n) is 3.81. The maximum absolute atomic E-state index is 12.9. The molecule has 0 aliphatic carbocycles. The summed E-state index contributed by atoms with van der Waals surface area (Å²) in [6.07, 6.45) is 2.13.